The molecule has 5 heteroatoms. The molecule has 1 rings (SSSR count). The monoisotopic (exact) mass is 286 g/mol. The first-order chi connectivity index (χ1) is 9.63. The fraction of sp³-hybridized carbons (Fsp3) is 0.800. The number of aliphatic hydroxyl groups excluding tert-OH is 1. The van der Waals surface area contributed by atoms with E-state index < -0.39 is 0 Å². The lowest BCUT2D eigenvalue weighted by atomic mass is 9.91. The minimum atomic E-state index is -0.356. The highest BCUT2D eigenvalue weighted by molar-refractivity contribution is 5.69. The highest BCUT2D eigenvalue weighted by Crippen LogP contribution is 2.36. The van der Waals surface area contributed by atoms with E-state index in [-0.39, 0.29) is 30.0 Å². The Hall–Kier alpha value is -0.910. The van der Waals surface area contributed by atoms with E-state index in [0.29, 0.717) is 25.9 Å². The molecule has 0 radical (unpaired) electrons. The molecular formula is C15H26O5. The molecule has 5 nitrogen and oxygen atoms in total. The van der Waals surface area contributed by atoms with Crippen molar-refractivity contribution in [2.75, 3.05) is 27.9 Å². The van der Waals surface area contributed by atoms with Gasteiger partial charge in [-0.3, -0.25) is 4.79 Å². The van der Waals surface area contributed by atoms with Gasteiger partial charge in [0.2, 0.25) is 0 Å². The Labute approximate surface area is 120 Å². The molecule has 0 aliphatic heterocycles. The number of hydrogen-bond acceptors (Lipinski definition) is 5. The smallest absolute Gasteiger partial charge is 0.305 e. The van der Waals surface area contributed by atoms with Crippen molar-refractivity contribution >= 4 is 5.97 Å². The molecule has 1 aliphatic rings. The van der Waals surface area contributed by atoms with Crippen molar-refractivity contribution < 1.29 is 24.1 Å². The van der Waals surface area contributed by atoms with E-state index in [1.165, 1.54) is 7.11 Å². The Balaban J connectivity index is 2.43. The number of carbonyl (C=O) groups is 1. The van der Waals surface area contributed by atoms with Crippen LogP contribution in [-0.4, -0.2) is 51.2 Å². The van der Waals surface area contributed by atoms with Crippen LogP contribution in [0, 0.1) is 11.8 Å². The van der Waals surface area contributed by atoms with E-state index in [1.54, 1.807) is 14.2 Å². The lowest BCUT2D eigenvalue weighted by Crippen LogP contribution is -2.27. The number of rotatable bonds is 8. The van der Waals surface area contributed by atoms with Crippen LogP contribution in [0.4, 0.5) is 0 Å². The molecule has 20 heavy (non-hydrogen) atoms. The summed E-state index contributed by atoms with van der Waals surface area (Å²) in [5, 5.41) is 10.1. The van der Waals surface area contributed by atoms with Gasteiger partial charge in [-0.1, -0.05) is 12.2 Å². The number of esters is 1. The second-order valence-corrected chi connectivity index (χ2v) is 5.18. The molecule has 1 saturated carbocycles. The molecule has 0 amide bonds. The number of carbonyl (C=O) groups excluding carboxylic acids is 1. The van der Waals surface area contributed by atoms with Crippen molar-refractivity contribution in [3.63, 3.8) is 0 Å². The molecule has 0 bridgehead atoms. The minimum absolute atomic E-state index is 0.0541. The molecule has 1 N–H and O–H groups in total. The zero-order valence-electron chi connectivity index (χ0n) is 12.6. The molecule has 0 heterocycles. The Morgan fingerprint density at radius 1 is 1.25 bits per heavy atom. The molecule has 116 valence electrons. The van der Waals surface area contributed by atoms with Gasteiger partial charge in [-0.15, -0.1) is 0 Å². The highest BCUT2D eigenvalue weighted by atomic mass is 16.5. The van der Waals surface area contributed by atoms with E-state index in [0.717, 1.165) is 6.42 Å². The van der Waals surface area contributed by atoms with Crippen LogP contribution in [0.3, 0.4) is 0 Å². The molecular weight excluding hydrogens is 260 g/mol. The molecule has 1 aliphatic carbocycles. The fourth-order valence-electron chi connectivity index (χ4n) is 2.85. The number of aliphatic hydroxyl groups is 1. The Bertz CT molecular complexity index is 315. The van der Waals surface area contributed by atoms with Gasteiger partial charge in [-0.25, -0.2) is 0 Å². The van der Waals surface area contributed by atoms with E-state index in [1.807, 2.05) is 12.2 Å². The molecule has 1 fully saturated rings. The largest absolute Gasteiger partial charge is 0.469 e. The van der Waals surface area contributed by atoms with Crippen LogP contribution in [0.5, 0.6) is 0 Å². The third-order valence-corrected chi connectivity index (χ3v) is 3.98. The molecule has 0 saturated heterocycles. The van der Waals surface area contributed by atoms with Crippen LogP contribution < -0.4 is 0 Å². The maximum atomic E-state index is 11.0. The van der Waals surface area contributed by atoms with Crippen molar-refractivity contribution in [3.05, 3.63) is 12.2 Å². The van der Waals surface area contributed by atoms with Gasteiger partial charge >= 0.3 is 5.97 Å². The second kappa shape index (κ2) is 9.10. The van der Waals surface area contributed by atoms with E-state index >= 15 is 0 Å². The highest BCUT2D eigenvalue weighted by Gasteiger charge is 2.41. The van der Waals surface area contributed by atoms with Gasteiger partial charge in [0.25, 0.3) is 0 Å². The van der Waals surface area contributed by atoms with Crippen LogP contribution >= 0.6 is 0 Å². The summed E-state index contributed by atoms with van der Waals surface area (Å²) in [7, 11) is 4.73. The third-order valence-electron chi connectivity index (χ3n) is 3.98. The first kappa shape index (κ1) is 17.1. The predicted octanol–water partition coefficient (Wildman–Crippen LogP) is 1.54. The summed E-state index contributed by atoms with van der Waals surface area (Å²) in [4.78, 5) is 11.0. The first-order valence-corrected chi connectivity index (χ1v) is 7.05. The molecule has 0 aromatic carbocycles. The topological polar surface area (TPSA) is 65.0 Å². The Morgan fingerprint density at radius 3 is 2.60 bits per heavy atom. The van der Waals surface area contributed by atoms with Crippen molar-refractivity contribution in [2.24, 2.45) is 11.8 Å². The second-order valence-electron chi connectivity index (χ2n) is 5.18. The number of ether oxygens (including phenoxy) is 3. The van der Waals surface area contributed by atoms with Gasteiger partial charge in [0.1, 0.15) is 0 Å². The van der Waals surface area contributed by atoms with Crippen LogP contribution in [0.15, 0.2) is 12.2 Å². The number of hydrogen-bond donors (Lipinski definition) is 1. The lowest BCUT2D eigenvalue weighted by Gasteiger charge is -2.23. The summed E-state index contributed by atoms with van der Waals surface area (Å²) in [5.41, 5.74) is 0. The zero-order valence-corrected chi connectivity index (χ0v) is 12.6. The van der Waals surface area contributed by atoms with Gasteiger partial charge in [-0.05, 0) is 18.8 Å². The van der Waals surface area contributed by atoms with Crippen LogP contribution in [-0.2, 0) is 19.0 Å². The van der Waals surface area contributed by atoms with Crippen LogP contribution in [0.25, 0.3) is 0 Å². The summed E-state index contributed by atoms with van der Waals surface area (Å²) < 4.78 is 15.2. The quantitative estimate of drug-likeness (QED) is 0.541. The predicted molar refractivity (Wildman–Crippen MR) is 75.3 cm³/mol. The zero-order chi connectivity index (χ0) is 15.0. The summed E-state index contributed by atoms with van der Waals surface area (Å²) in [6.45, 7) is 0.593. The minimum Gasteiger partial charge on any atom is -0.469 e. The van der Waals surface area contributed by atoms with Crippen LogP contribution in [0.2, 0.25) is 0 Å². The van der Waals surface area contributed by atoms with E-state index in [2.05, 4.69) is 4.74 Å². The van der Waals surface area contributed by atoms with Crippen molar-refractivity contribution in [2.45, 2.75) is 37.9 Å². The SMILES string of the molecule is COC[C@@H]1[C@@H](C/C=C\CCC(=O)OC)[C@@H](O)C[C@H]1OC. The van der Waals surface area contributed by atoms with Gasteiger partial charge < -0.3 is 19.3 Å². The molecule has 0 aromatic rings. The summed E-state index contributed by atoms with van der Waals surface area (Å²) in [6.07, 6.45) is 6.18. The first-order valence-electron chi connectivity index (χ1n) is 7.05. The van der Waals surface area contributed by atoms with E-state index in [4.69, 9.17) is 9.47 Å². The van der Waals surface area contributed by atoms with Crippen molar-refractivity contribution in [1.82, 2.24) is 0 Å². The normalized spacial score (nSPS) is 30.0. The maximum Gasteiger partial charge on any atom is 0.305 e. The van der Waals surface area contributed by atoms with E-state index in [9.17, 15) is 9.90 Å². The Kier molecular flexibility index (Phi) is 7.80. The van der Waals surface area contributed by atoms with Crippen molar-refractivity contribution in [1.29, 1.82) is 0 Å². The van der Waals surface area contributed by atoms with Crippen molar-refractivity contribution in [3.8, 4) is 0 Å². The van der Waals surface area contributed by atoms with Gasteiger partial charge in [0.05, 0.1) is 25.9 Å². The van der Waals surface area contributed by atoms with Crippen LogP contribution in [0.1, 0.15) is 25.7 Å². The summed E-state index contributed by atoms with van der Waals surface area (Å²) >= 11 is 0. The molecule has 0 spiro atoms. The number of allylic oxidation sites excluding steroid dienone is 2. The standard InChI is InChI=1S/C15H26O5/c1-18-10-12-11(13(16)9-14(12)19-2)7-5-4-6-8-15(17)20-3/h4-5,11-14,16H,6-10H2,1-3H3/b5-4-/t11-,12-,13+,14-/m1/s1. The lowest BCUT2D eigenvalue weighted by molar-refractivity contribution is -0.140. The maximum absolute atomic E-state index is 11.0. The molecule has 0 aromatic heterocycles. The summed E-state index contributed by atoms with van der Waals surface area (Å²) in [5.74, 6) is 0.159. The molecule has 0 unspecified atom stereocenters. The van der Waals surface area contributed by atoms with Gasteiger partial charge in [0, 0.05) is 33.0 Å². The molecule has 4 atom stereocenters. The summed E-state index contributed by atoms with van der Waals surface area (Å²) in [6, 6.07) is 0. The van der Waals surface area contributed by atoms with Gasteiger partial charge in [-0.2, -0.15) is 0 Å². The third kappa shape index (κ3) is 4.89. The fourth-order valence-corrected chi connectivity index (χ4v) is 2.85. The number of methoxy groups -OCH3 is 3. The van der Waals surface area contributed by atoms with Gasteiger partial charge in [0.15, 0.2) is 0 Å². The average Bonchev–Trinajstić information content (AvgIpc) is 2.75. The average molecular weight is 286 g/mol. The Morgan fingerprint density at radius 2 is 2.00 bits per heavy atom.